The molecule has 6 aliphatic heterocycles. The number of nitrogens with one attached hydrogen (secondary N) is 2. The number of esters is 2. The molecule has 4 N–H and O–H groups in total. The third kappa shape index (κ3) is 20.8. The van der Waals surface area contributed by atoms with E-state index in [1.54, 1.807) is 104 Å². The number of hydrogen-bond acceptors (Lipinski definition) is 22. The molecule has 0 saturated carbocycles. The van der Waals surface area contributed by atoms with E-state index in [1.165, 1.54) is 62.1 Å². The highest BCUT2D eigenvalue weighted by Gasteiger charge is 2.66. The van der Waals surface area contributed by atoms with E-state index >= 15 is 0 Å². The summed E-state index contributed by atoms with van der Waals surface area (Å²) in [6.07, 6.45) is 3.30. The van der Waals surface area contributed by atoms with Crippen molar-refractivity contribution in [3.63, 3.8) is 0 Å². The summed E-state index contributed by atoms with van der Waals surface area (Å²) >= 11 is 22.4. The molecule has 6 heterocycles. The van der Waals surface area contributed by atoms with Crippen LogP contribution in [-0.4, -0.2) is 218 Å². The number of ether oxygens (including phenoxy) is 10. The fourth-order valence-corrected chi connectivity index (χ4v) is 14.4. The summed E-state index contributed by atoms with van der Waals surface area (Å²) in [5, 5.41) is 28.9. The number of benzene rings is 2. The molecular weight excluding hydrogens is 1440 g/mol. The molecule has 582 valence electrons. The molecule has 0 aliphatic carbocycles. The molecule has 8 rings (SSSR count). The Hall–Kier alpha value is -6.60. The number of carbonyl (C=O) groups excluding carboxylic acids is 8. The van der Waals surface area contributed by atoms with Gasteiger partial charge in [0.25, 0.3) is 0 Å². The van der Waals surface area contributed by atoms with E-state index < -0.39 is 131 Å². The van der Waals surface area contributed by atoms with Gasteiger partial charge in [-0.3, -0.25) is 29.8 Å². The Labute approximate surface area is 637 Å². The maximum absolute atomic E-state index is 14.1. The van der Waals surface area contributed by atoms with Gasteiger partial charge in [-0.25, -0.2) is 19.2 Å². The molecule has 6 aliphatic rings. The molecule has 0 spiro atoms. The number of methoxy groups -OCH3 is 4. The van der Waals surface area contributed by atoms with Crippen LogP contribution < -0.4 is 29.9 Å². The highest BCUT2D eigenvalue weighted by Crippen LogP contribution is 2.51. The Kier molecular flexibility index (Phi) is 28.7. The van der Waals surface area contributed by atoms with Crippen molar-refractivity contribution in [1.29, 1.82) is 0 Å². The number of aliphatic hydroxyl groups is 2. The van der Waals surface area contributed by atoms with Gasteiger partial charge in [0.15, 0.2) is 11.4 Å². The van der Waals surface area contributed by atoms with Gasteiger partial charge < -0.3 is 77.2 Å². The summed E-state index contributed by atoms with van der Waals surface area (Å²) in [7, 11) is 12.0. The molecule has 4 saturated heterocycles. The van der Waals surface area contributed by atoms with Gasteiger partial charge >= 0.3 is 24.1 Å². The number of rotatable bonds is 16. The predicted molar refractivity (Wildman–Crippen MR) is 402 cm³/mol. The molecule has 15 unspecified atom stereocenters. The molecule has 2 aromatic carbocycles. The number of anilines is 2. The molecule has 0 aromatic heterocycles. The van der Waals surface area contributed by atoms with Crippen molar-refractivity contribution in [1.82, 2.24) is 20.4 Å². The number of fused-ring (bicyclic) bond motifs is 10. The Bertz CT molecular complexity index is 3680. The van der Waals surface area contributed by atoms with E-state index in [1.807, 2.05) is 46.8 Å². The van der Waals surface area contributed by atoms with Crippen LogP contribution in [0.15, 0.2) is 71.9 Å². The summed E-state index contributed by atoms with van der Waals surface area (Å²) in [6.45, 7) is 19.7. The van der Waals surface area contributed by atoms with Gasteiger partial charge in [0.1, 0.15) is 81.5 Å². The fourth-order valence-electron chi connectivity index (χ4n) is 13.5. The molecule has 105 heavy (non-hydrogen) atoms. The van der Waals surface area contributed by atoms with Gasteiger partial charge in [-0.2, -0.15) is 25.3 Å². The maximum Gasteiger partial charge on any atom is 0.409 e. The van der Waals surface area contributed by atoms with Gasteiger partial charge in [0, 0.05) is 84.7 Å². The quantitative estimate of drug-likeness (QED) is 0.0394. The first-order chi connectivity index (χ1) is 49.0. The molecule has 0 radical (unpaired) electrons. The maximum atomic E-state index is 14.1. The minimum atomic E-state index is -1.83. The smallest absolute Gasteiger partial charge is 0.409 e. The van der Waals surface area contributed by atoms with Crippen LogP contribution in [0, 0.1) is 11.8 Å². The van der Waals surface area contributed by atoms with E-state index in [-0.39, 0.29) is 70.4 Å². The van der Waals surface area contributed by atoms with Crippen LogP contribution in [0.3, 0.4) is 0 Å². The first-order valence-corrected chi connectivity index (χ1v) is 36.8. The van der Waals surface area contributed by atoms with Gasteiger partial charge in [0.2, 0.25) is 23.6 Å². The normalized spacial score (nSPS) is 31.9. The second-order valence-electron chi connectivity index (χ2n) is 29.5. The zero-order valence-electron chi connectivity index (χ0n) is 63.5. The molecule has 26 nitrogen and oxygen atoms in total. The van der Waals surface area contributed by atoms with Crippen LogP contribution in [0.25, 0.3) is 0 Å². The summed E-state index contributed by atoms with van der Waals surface area (Å²) in [4.78, 5) is 113. The van der Waals surface area contributed by atoms with Crippen molar-refractivity contribution in [3.8, 4) is 11.5 Å². The number of thiol groups is 2. The second-order valence-corrected chi connectivity index (χ2v) is 32.4. The van der Waals surface area contributed by atoms with Crippen molar-refractivity contribution in [2.75, 3.05) is 66.4 Å². The van der Waals surface area contributed by atoms with Crippen LogP contribution in [0.2, 0.25) is 10.0 Å². The molecule has 30 heteroatoms. The molecule has 4 fully saturated rings. The first kappa shape index (κ1) is 85.6. The zero-order valence-corrected chi connectivity index (χ0v) is 66.8. The largest absolute Gasteiger partial charge is 0.495 e. The second kappa shape index (κ2) is 35.2. The van der Waals surface area contributed by atoms with E-state index in [2.05, 4.69) is 35.9 Å². The van der Waals surface area contributed by atoms with Gasteiger partial charge in [-0.05, 0) is 108 Å². The predicted octanol–water partition coefficient (Wildman–Crippen LogP) is 9.62. The Morgan fingerprint density at radius 1 is 0.667 bits per heavy atom. The Morgan fingerprint density at radius 2 is 1.04 bits per heavy atom. The average Bonchev–Trinajstić information content (AvgIpc) is 1.57. The van der Waals surface area contributed by atoms with Crippen LogP contribution in [0.1, 0.15) is 139 Å². The highest BCUT2D eigenvalue weighted by molar-refractivity contribution is 7.81. The number of epoxide rings is 2. The number of carbonyl (C=O) groups is 8. The number of allylic oxidation sites excluding steroid dienone is 6. The summed E-state index contributed by atoms with van der Waals surface area (Å²) in [5.41, 5.74) is -1.82. The molecular formula is C75H106Cl2N6O20S2. The van der Waals surface area contributed by atoms with Crippen molar-refractivity contribution < 1.29 is 95.9 Å². The molecule has 2 aromatic rings. The standard InChI is InChI=1S/C38H54ClN3O10S.C37H52ClN3O10S/c1-21-12-11-13-28(49-10)38(47)20-27(50-35(46)40-38)22(2)33-37(6,52-33)29(51-34(45)23(3)41(7)30(43)14-15-36(4,5)53)19-31(44)42(8)25-17-24(16-21)18-26(48-9)32(25)39;1-20-11-10-12-28(48-9)37(46)19-27(49-35(45)39-37)22(3)33-36(5,51-33)29(50-34(44)23(4)40(6)30(42)14-13-21(2)52)18-31(43)41(7)25-16-24(15-20)17-26(47-8)32(25)38/h11-13,17-18,22-23,27-29,33,47,53H,14-16,19-20H2,1-10H3,(H,40,46);10-12,16-17,21-23,27-29,33,46,52H,13-15,18-19H2,1-9H3,(H,39,45)/b13-11+,21-12+;12-10+,20-11+/t22?,23-,27?,28?,29?,33?,37?,38?;21?,22?,23-,27?,28?,29?,33?,36?,37?/m00/s1. The number of hydrogen-bond donors (Lipinski definition) is 6. The number of halogens is 2. The lowest BCUT2D eigenvalue weighted by atomic mass is 9.83. The minimum Gasteiger partial charge on any atom is -0.495 e. The van der Waals surface area contributed by atoms with Crippen LogP contribution in [-0.2, 0) is 79.5 Å². The molecule has 6 amide bonds. The van der Waals surface area contributed by atoms with Gasteiger partial charge in [-0.15, -0.1) is 0 Å². The van der Waals surface area contributed by atoms with E-state index in [9.17, 15) is 48.6 Å². The first-order valence-electron chi connectivity index (χ1n) is 35.1. The average molecular weight is 1550 g/mol. The minimum absolute atomic E-state index is 0.00636. The fraction of sp³-hybridized carbons (Fsp3) is 0.627. The van der Waals surface area contributed by atoms with Crippen LogP contribution in [0.5, 0.6) is 11.5 Å². The van der Waals surface area contributed by atoms with E-state index in [4.69, 9.17) is 70.6 Å². The Morgan fingerprint density at radius 3 is 1.38 bits per heavy atom. The summed E-state index contributed by atoms with van der Waals surface area (Å²) in [5.74, 6) is -3.13. The Balaban J connectivity index is 0.000000293. The van der Waals surface area contributed by atoms with Crippen molar-refractivity contribution in [3.05, 3.63) is 93.0 Å². The van der Waals surface area contributed by atoms with Crippen molar-refractivity contribution in [2.24, 2.45) is 11.8 Å². The lowest BCUT2D eigenvalue weighted by molar-refractivity contribution is -0.162. The van der Waals surface area contributed by atoms with Crippen molar-refractivity contribution in [2.45, 2.75) is 234 Å². The van der Waals surface area contributed by atoms with Crippen LogP contribution in [0.4, 0.5) is 21.0 Å². The third-order valence-electron chi connectivity index (χ3n) is 20.8. The molecule has 17 atom stereocenters. The van der Waals surface area contributed by atoms with Gasteiger partial charge in [-0.1, -0.05) is 105 Å². The number of nitrogens with zero attached hydrogens (tertiary/aromatic N) is 4. The number of likely N-dealkylation sites (N-methyl/N-ethyl adjacent to an activating group) is 2. The SMILES string of the molecule is COc1cc2cc(c1Cl)N(C)C(=O)CC(OC(=O)[C@H](C)N(C)C(=O)CCC(C)(C)S)C1(C)OC1C(C)C1CC(O)(NC(=O)O1)C(OC)/C=C/C=C(\C)C2.COc1cc2cc(c1Cl)N(C)C(=O)CC(OC(=O)[C@H](C)N(C)C(=O)CCC(C)S)C1(C)OC1C(C)C1CC(O)(NC(=O)O1)C(OC)/C=C/C=C(\C)C2. The lowest BCUT2D eigenvalue weighted by Crippen LogP contribution is -2.63. The number of amides is 6. The van der Waals surface area contributed by atoms with E-state index in [0.717, 1.165) is 22.3 Å². The monoisotopic (exact) mass is 1540 g/mol. The molecule has 8 bridgehead atoms. The van der Waals surface area contributed by atoms with Gasteiger partial charge in [0.05, 0.1) is 50.6 Å². The third-order valence-corrected chi connectivity index (χ3v) is 22.0. The number of alkyl carbamates (subject to hydrolysis) is 2. The topological polar surface area (TPSA) is 313 Å². The lowest BCUT2D eigenvalue weighted by Gasteiger charge is -2.42. The zero-order chi connectivity index (χ0) is 78.3. The van der Waals surface area contributed by atoms with E-state index in [0.29, 0.717) is 48.6 Å². The summed E-state index contributed by atoms with van der Waals surface area (Å²) < 4.78 is 58.0. The van der Waals surface area contributed by atoms with Crippen molar-refractivity contribution >= 4 is 108 Å². The highest BCUT2D eigenvalue weighted by atomic mass is 35.5. The summed E-state index contributed by atoms with van der Waals surface area (Å²) in [6, 6.07) is 5.21. The van der Waals surface area contributed by atoms with Crippen LogP contribution >= 0.6 is 48.5 Å².